The molecule has 2 aliphatic rings. The third-order valence-corrected chi connectivity index (χ3v) is 3.31. The lowest BCUT2D eigenvalue weighted by Crippen LogP contribution is -2.47. The largest absolute Gasteiger partial charge is 0.301 e. The molecule has 2 unspecified atom stereocenters. The van der Waals surface area contributed by atoms with Crippen molar-refractivity contribution in [3.05, 3.63) is 0 Å². The highest BCUT2D eigenvalue weighted by atomic mass is 15.3. The molecule has 0 spiro atoms. The van der Waals surface area contributed by atoms with Crippen LogP contribution in [0.1, 0.15) is 27.2 Å². The number of nitrogens with zero attached hydrogens (tertiary/aromatic N) is 2. The highest BCUT2D eigenvalue weighted by Gasteiger charge is 2.42. The first kappa shape index (κ1) is 9.47. The fraction of sp³-hybridized carbons (Fsp3) is 1.00. The van der Waals surface area contributed by atoms with E-state index in [9.17, 15) is 0 Å². The lowest BCUT2D eigenvalue weighted by atomic mass is 9.95. The monoisotopic (exact) mass is 182 g/mol. The van der Waals surface area contributed by atoms with E-state index < -0.39 is 0 Å². The summed E-state index contributed by atoms with van der Waals surface area (Å²) in [6.45, 7) is 10.9. The zero-order chi connectivity index (χ0) is 9.64. The van der Waals surface area contributed by atoms with Crippen LogP contribution in [0.25, 0.3) is 0 Å². The molecule has 2 bridgehead atoms. The first-order valence-electron chi connectivity index (χ1n) is 5.40. The highest BCUT2D eigenvalue weighted by Crippen LogP contribution is 2.31. The zero-order valence-electron chi connectivity index (χ0n) is 9.38. The van der Waals surface area contributed by atoms with Gasteiger partial charge in [0.2, 0.25) is 0 Å². The average Bonchev–Trinajstić information content (AvgIpc) is 2.42. The second kappa shape index (κ2) is 2.96. The van der Waals surface area contributed by atoms with E-state index in [2.05, 4.69) is 37.6 Å². The number of likely N-dealkylation sites (N-methyl/N-ethyl adjacent to an activating group) is 1. The van der Waals surface area contributed by atoms with Gasteiger partial charge in [-0.25, -0.2) is 0 Å². The molecule has 0 aromatic heterocycles. The van der Waals surface area contributed by atoms with Crippen LogP contribution in [0, 0.1) is 5.41 Å². The van der Waals surface area contributed by atoms with Crippen LogP contribution < -0.4 is 0 Å². The van der Waals surface area contributed by atoms with Gasteiger partial charge < -0.3 is 4.90 Å². The molecule has 0 amide bonds. The van der Waals surface area contributed by atoms with Crippen LogP contribution in [-0.4, -0.2) is 48.6 Å². The third-order valence-electron chi connectivity index (χ3n) is 3.31. The van der Waals surface area contributed by atoms with E-state index in [0.29, 0.717) is 5.41 Å². The lowest BCUT2D eigenvalue weighted by Gasteiger charge is -2.35. The van der Waals surface area contributed by atoms with E-state index in [1.54, 1.807) is 0 Å². The van der Waals surface area contributed by atoms with Crippen molar-refractivity contribution < 1.29 is 0 Å². The maximum Gasteiger partial charge on any atom is 0.0239 e. The molecule has 0 saturated carbocycles. The second-order valence-electron chi connectivity index (χ2n) is 5.97. The SMILES string of the molecule is CN1CC2CC1CN2CC(C)(C)C. The van der Waals surface area contributed by atoms with Crippen molar-refractivity contribution in [2.24, 2.45) is 5.41 Å². The molecule has 0 aromatic rings. The number of rotatable bonds is 1. The predicted octanol–water partition coefficient (Wildman–Crippen LogP) is 1.42. The molecular weight excluding hydrogens is 160 g/mol. The number of fused-ring (bicyclic) bond motifs is 2. The Balaban J connectivity index is 1.92. The van der Waals surface area contributed by atoms with Crippen LogP contribution in [0.2, 0.25) is 0 Å². The Morgan fingerprint density at radius 1 is 1.15 bits per heavy atom. The molecule has 2 fully saturated rings. The Morgan fingerprint density at radius 2 is 1.85 bits per heavy atom. The summed E-state index contributed by atoms with van der Waals surface area (Å²) in [5, 5.41) is 0. The van der Waals surface area contributed by atoms with Gasteiger partial charge in [-0.15, -0.1) is 0 Å². The molecule has 76 valence electrons. The molecule has 2 heteroatoms. The Labute approximate surface area is 81.9 Å². The van der Waals surface area contributed by atoms with Crippen molar-refractivity contribution in [1.82, 2.24) is 9.80 Å². The fourth-order valence-corrected chi connectivity index (χ4v) is 2.75. The van der Waals surface area contributed by atoms with Crippen LogP contribution >= 0.6 is 0 Å². The van der Waals surface area contributed by atoms with Crippen molar-refractivity contribution >= 4 is 0 Å². The number of piperazine rings is 1. The second-order valence-corrected chi connectivity index (χ2v) is 5.97. The van der Waals surface area contributed by atoms with Gasteiger partial charge in [0.1, 0.15) is 0 Å². The van der Waals surface area contributed by atoms with Crippen LogP contribution in [0.4, 0.5) is 0 Å². The van der Waals surface area contributed by atoms with Gasteiger partial charge in [0.05, 0.1) is 0 Å². The van der Waals surface area contributed by atoms with Crippen LogP contribution in [0.5, 0.6) is 0 Å². The molecule has 2 atom stereocenters. The van der Waals surface area contributed by atoms with Crippen molar-refractivity contribution in [1.29, 1.82) is 0 Å². The number of likely N-dealkylation sites (tertiary alicyclic amines) is 2. The van der Waals surface area contributed by atoms with E-state index in [-0.39, 0.29) is 0 Å². The van der Waals surface area contributed by atoms with Gasteiger partial charge in [0, 0.05) is 31.7 Å². The highest BCUT2D eigenvalue weighted by molar-refractivity contribution is 4.99. The third kappa shape index (κ3) is 1.89. The standard InChI is InChI=1S/C11H22N2/c1-11(2,3)8-13-7-9-5-10(13)6-12(9)4/h9-10H,5-8H2,1-4H3. The minimum absolute atomic E-state index is 0.461. The summed E-state index contributed by atoms with van der Waals surface area (Å²) in [4.78, 5) is 5.20. The molecule has 2 heterocycles. The first-order chi connectivity index (χ1) is 5.96. The molecule has 2 nitrogen and oxygen atoms in total. The molecule has 2 aliphatic heterocycles. The quantitative estimate of drug-likeness (QED) is 0.605. The summed E-state index contributed by atoms with van der Waals surface area (Å²) in [6, 6.07) is 1.71. The normalized spacial score (nSPS) is 36.0. The van der Waals surface area contributed by atoms with Crippen molar-refractivity contribution in [2.45, 2.75) is 39.3 Å². The van der Waals surface area contributed by atoms with Crippen molar-refractivity contribution in [3.8, 4) is 0 Å². The fourth-order valence-electron chi connectivity index (χ4n) is 2.75. The topological polar surface area (TPSA) is 6.48 Å². The number of hydrogen-bond acceptors (Lipinski definition) is 2. The smallest absolute Gasteiger partial charge is 0.0239 e. The summed E-state index contributed by atoms with van der Waals surface area (Å²) in [5.41, 5.74) is 0.461. The van der Waals surface area contributed by atoms with E-state index in [1.165, 1.54) is 26.1 Å². The molecule has 2 rings (SSSR count). The lowest BCUT2D eigenvalue weighted by molar-refractivity contribution is 0.113. The summed E-state index contributed by atoms with van der Waals surface area (Å²) >= 11 is 0. The molecular formula is C11H22N2. The molecule has 0 N–H and O–H groups in total. The minimum atomic E-state index is 0.461. The van der Waals surface area contributed by atoms with Gasteiger partial charge in [0.25, 0.3) is 0 Å². The Hall–Kier alpha value is -0.0800. The molecule has 13 heavy (non-hydrogen) atoms. The van der Waals surface area contributed by atoms with E-state index in [0.717, 1.165) is 12.1 Å². The van der Waals surface area contributed by atoms with Crippen LogP contribution in [0.3, 0.4) is 0 Å². The Bertz CT molecular complexity index is 193. The van der Waals surface area contributed by atoms with Crippen molar-refractivity contribution in [2.75, 3.05) is 26.7 Å². The molecule has 0 aliphatic carbocycles. The summed E-state index contributed by atoms with van der Waals surface area (Å²) in [5.74, 6) is 0. The van der Waals surface area contributed by atoms with Crippen LogP contribution in [-0.2, 0) is 0 Å². The Kier molecular flexibility index (Phi) is 2.16. The average molecular weight is 182 g/mol. The van der Waals surface area contributed by atoms with Crippen LogP contribution in [0.15, 0.2) is 0 Å². The van der Waals surface area contributed by atoms with Gasteiger partial charge >= 0.3 is 0 Å². The van der Waals surface area contributed by atoms with E-state index in [1.807, 2.05) is 0 Å². The molecule has 0 radical (unpaired) electrons. The van der Waals surface area contributed by atoms with Gasteiger partial charge in [0.15, 0.2) is 0 Å². The summed E-state index contributed by atoms with van der Waals surface area (Å²) in [7, 11) is 2.26. The molecule has 0 aromatic carbocycles. The minimum Gasteiger partial charge on any atom is -0.301 e. The van der Waals surface area contributed by atoms with Gasteiger partial charge in [-0.3, -0.25) is 4.90 Å². The van der Waals surface area contributed by atoms with E-state index in [4.69, 9.17) is 0 Å². The van der Waals surface area contributed by atoms with Gasteiger partial charge in [-0.05, 0) is 18.9 Å². The first-order valence-corrected chi connectivity index (χ1v) is 5.40. The summed E-state index contributed by atoms with van der Waals surface area (Å²) < 4.78 is 0. The van der Waals surface area contributed by atoms with E-state index >= 15 is 0 Å². The van der Waals surface area contributed by atoms with Gasteiger partial charge in [-0.2, -0.15) is 0 Å². The maximum atomic E-state index is 2.69. The number of hydrogen-bond donors (Lipinski definition) is 0. The zero-order valence-corrected chi connectivity index (χ0v) is 9.38. The van der Waals surface area contributed by atoms with Gasteiger partial charge in [-0.1, -0.05) is 20.8 Å². The predicted molar refractivity (Wildman–Crippen MR) is 55.9 cm³/mol. The molecule has 2 saturated heterocycles. The summed E-state index contributed by atoms with van der Waals surface area (Å²) in [6.07, 6.45) is 1.41. The maximum absolute atomic E-state index is 2.69. The Morgan fingerprint density at radius 3 is 2.23 bits per heavy atom. The van der Waals surface area contributed by atoms with Crippen molar-refractivity contribution in [3.63, 3.8) is 0 Å².